The lowest BCUT2D eigenvalue weighted by Crippen LogP contribution is -2.05. The number of H-pyrrole nitrogens is 1. The van der Waals surface area contributed by atoms with E-state index in [9.17, 15) is 0 Å². The van der Waals surface area contributed by atoms with Crippen molar-refractivity contribution in [2.75, 3.05) is 0 Å². The van der Waals surface area contributed by atoms with E-state index in [1.807, 2.05) is 0 Å². The Morgan fingerprint density at radius 1 is 1.07 bits per heavy atom. The molecule has 28 heavy (non-hydrogen) atoms. The molecule has 5 nitrogen and oxygen atoms in total. The van der Waals surface area contributed by atoms with Gasteiger partial charge in [-0.3, -0.25) is 0 Å². The molecule has 1 aliphatic rings. The zero-order chi connectivity index (χ0) is 19.3. The SMILES string of the molecule is CCc1nc2c(C)cc(C)nc2n1Cc1ccc2nc(C3CCCC3)[nH]c2c1. The van der Waals surface area contributed by atoms with Crippen LogP contribution in [0, 0.1) is 13.8 Å². The van der Waals surface area contributed by atoms with E-state index in [0.29, 0.717) is 5.92 Å². The first-order valence-corrected chi connectivity index (χ1v) is 10.4. The van der Waals surface area contributed by atoms with Gasteiger partial charge in [-0.05, 0) is 56.0 Å². The minimum atomic E-state index is 0.607. The van der Waals surface area contributed by atoms with Crippen LogP contribution in [0.25, 0.3) is 22.2 Å². The van der Waals surface area contributed by atoms with E-state index in [1.54, 1.807) is 0 Å². The summed E-state index contributed by atoms with van der Waals surface area (Å²) in [4.78, 5) is 18.1. The molecule has 5 rings (SSSR count). The molecule has 0 bridgehead atoms. The van der Waals surface area contributed by atoms with Crippen LogP contribution in [0.2, 0.25) is 0 Å². The third-order valence-corrected chi connectivity index (χ3v) is 6.06. The smallest absolute Gasteiger partial charge is 0.160 e. The van der Waals surface area contributed by atoms with Crippen molar-refractivity contribution in [3.05, 3.63) is 52.7 Å². The highest BCUT2D eigenvalue weighted by Crippen LogP contribution is 2.33. The van der Waals surface area contributed by atoms with Gasteiger partial charge in [0.2, 0.25) is 0 Å². The second-order valence-corrected chi connectivity index (χ2v) is 8.18. The average Bonchev–Trinajstić information content (AvgIpc) is 3.40. The van der Waals surface area contributed by atoms with Crippen LogP contribution in [-0.2, 0) is 13.0 Å². The Morgan fingerprint density at radius 3 is 2.68 bits per heavy atom. The van der Waals surface area contributed by atoms with Gasteiger partial charge in [0.15, 0.2) is 5.65 Å². The van der Waals surface area contributed by atoms with Crippen molar-refractivity contribution >= 4 is 22.2 Å². The fourth-order valence-corrected chi connectivity index (χ4v) is 4.63. The van der Waals surface area contributed by atoms with E-state index in [2.05, 4.69) is 54.6 Å². The third kappa shape index (κ3) is 2.89. The minimum absolute atomic E-state index is 0.607. The fraction of sp³-hybridized carbons (Fsp3) is 0.435. The second-order valence-electron chi connectivity index (χ2n) is 8.18. The van der Waals surface area contributed by atoms with Crippen molar-refractivity contribution in [3.63, 3.8) is 0 Å². The molecule has 1 N–H and O–H groups in total. The number of benzene rings is 1. The lowest BCUT2D eigenvalue weighted by atomic mass is 10.1. The number of fused-ring (bicyclic) bond motifs is 2. The summed E-state index contributed by atoms with van der Waals surface area (Å²) in [5.41, 5.74) is 7.72. The highest BCUT2D eigenvalue weighted by molar-refractivity contribution is 5.77. The van der Waals surface area contributed by atoms with E-state index < -0.39 is 0 Å². The van der Waals surface area contributed by atoms with Gasteiger partial charge < -0.3 is 9.55 Å². The molecule has 4 aromatic rings. The van der Waals surface area contributed by atoms with Gasteiger partial charge >= 0.3 is 0 Å². The van der Waals surface area contributed by atoms with Crippen molar-refractivity contribution in [2.24, 2.45) is 0 Å². The summed E-state index contributed by atoms with van der Waals surface area (Å²) in [7, 11) is 0. The van der Waals surface area contributed by atoms with E-state index >= 15 is 0 Å². The van der Waals surface area contributed by atoms with Gasteiger partial charge in [-0.25, -0.2) is 15.0 Å². The molecule has 0 spiro atoms. The predicted molar refractivity (Wildman–Crippen MR) is 113 cm³/mol. The standard InChI is InChI=1S/C23H27N5/c1-4-20-27-21-14(2)11-15(3)24-23(21)28(20)13-16-9-10-18-19(12-16)26-22(25-18)17-7-5-6-8-17/h9-12,17H,4-8,13H2,1-3H3,(H,25,26). The number of rotatable bonds is 4. The summed E-state index contributed by atoms with van der Waals surface area (Å²) in [6.45, 7) is 7.11. The number of aryl methyl sites for hydroxylation is 3. The number of pyridine rings is 1. The molecule has 0 saturated heterocycles. The topological polar surface area (TPSA) is 59.4 Å². The monoisotopic (exact) mass is 373 g/mol. The number of hydrogen-bond acceptors (Lipinski definition) is 3. The minimum Gasteiger partial charge on any atom is -0.342 e. The van der Waals surface area contributed by atoms with Crippen molar-refractivity contribution in [2.45, 2.75) is 65.3 Å². The highest BCUT2D eigenvalue weighted by Gasteiger charge is 2.20. The Kier molecular flexibility index (Phi) is 4.18. The lowest BCUT2D eigenvalue weighted by molar-refractivity contribution is 0.681. The largest absolute Gasteiger partial charge is 0.342 e. The van der Waals surface area contributed by atoms with Crippen LogP contribution in [0.4, 0.5) is 0 Å². The molecule has 1 aliphatic carbocycles. The van der Waals surface area contributed by atoms with Crippen LogP contribution in [0.15, 0.2) is 24.3 Å². The molecule has 1 aromatic carbocycles. The highest BCUT2D eigenvalue weighted by atomic mass is 15.1. The number of aromatic amines is 1. The first-order valence-electron chi connectivity index (χ1n) is 10.4. The molecular weight excluding hydrogens is 346 g/mol. The van der Waals surface area contributed by atoms with Crippen LogP contribution in [-0.4, -0.2) is 24.5 Å². The molecule has 144 valence electrons. The number of nitrogens with one attached hydrogen (secondary N) is 1. The Balaban J connectivity index is 1.54. The second kappa shape index (κ2) is 6.73. The number of aromatic nitrogens is 5. The zero-order valence-electron chi connectivity index (χ0n) is 16.9. The first-order chi connectivity index (χ1) is 13.6. The number of imidazole rings is 2. The summed E-state index contributed by atoms with van der Waals surface area (Å²) in [6, 6.07) is 8.69. The van der Waals surface area contributed by atoms with Crippen LogP contribution in [0.5, 0.6) is 0 Å². The van der Waals surface area contributed by atoms with Gasteiger partial charge in [0, 0.05) is 18.0 Å². The molecule has 3 aromatic heterocycles. The Hall–Kier alpha value is -2.69. The van der Waals surface area contributed by atoms with Gasteiger partial charge in [-0.1, -0.05) is 25.8 Å². The molecular formula is C23H27N5. The van der Waals surface area contributed by atoms with E-state index in [0.717, 1.165) is 46.7 Å². The maximum atomic E-state index is 4.87. The Labute approximate surface area is 165 Å². The van der Waals surface area contributed by atoms with E-state index in [4.69, 9.17) is 15.0 Å². The maximum Gasteiger partial charge on any atom is 0.160 e. The Bertz CT molecular complexity index is 1160. The molecule has 0 radical (unpaired) electrons. The molecule has 0 aliphatic heterocycles. The maximum absolute atomic E-state index is 4.87. The molecule has 1 saturated carbocycles. The van der Waals surface area contributed by atoms with Crippen LogP contribution in [0.1, 0.15) is 67.0 Å². The lowest BCUT2D eigenvalue weighted by Gasteiger charge is -2.08. The van der Waals surface area contributed by atoms with Crippen LogP contribution in [0.3, 0.4) is 0 Å². The van der Waals surface area contributed by atoms with E-state index in [-0.39, 0.29) is 0 Å². The quantitative estimate of drug-likeness (QED) is 0.535. The summed E-state index contributed by atoms with van der Waals surface area (Å²) >= 11 is 0. The van der Waals surface area contributed by atoms with Crippen molar-refractivity contribution < 1.29 is 0 Å². The molecule has 5 heteroatoms. The van der Waals surface area contributed by atoms with Crippen LogP contribution >= 0.6 is 0 Å². The van der Waals surface area contributed by atoms with Crippen molar-refractivity contribution in [1.82, 2.24) is 24.5 Å². The molecule has 1 fully saturated rings. The fourth-order valence-electron chi connectivity index (χ4n) is 4.63. The van der Waals surface area contributed by atoms with Crippen LogP contribution < -0.4 is 0 Å². The summed E-state index contributed by atoms with van der Waals surface area (Å²) in [5.74, 6) is 2.86. The normalized spacial score (nSPS) is 15.2. The van der Waals surface area contributed by atoms with Crippen molar-refractivity contribution in [1.29, 1.82) is 0 Å². The predicted octanol–water partition coefficient (Wildman–Crippen LogP) is 5.19. The molecule has 0 unspecified atom stereocenters. The summed E-state index contributed by atoms with van der Waals surface area (Å²) in [5, 5.41) is 0. The first kappa shape index (κ1) is 17.4. The molecule has 3 heterocycles. The van der Waals surface area contributed by atoms with Gasteiger partial charge in [-0.15, -0.1) is 0 Å². The van der Waals surface area contributed by atoms with Gasteiger partial charge in [0.1, 0.15) is 17.2 Å². The third-order valence-electron chi connectivity index (χ3n) is 6.06. The summed E-state index contributed by atoms with van der Waals surface area (Å²) in [6.07, 6.45) is 6.07. The Morgan fingerprint density at radius 2 is 1.89 bits per heavy atom. The zero-order valence-corrected chi connectivity index (χ0v) is 16.9. The number of hydrogen-bond donors (Lipinski definition) is 1. The van der Waals surface area contributed by atoms with Gasteiger partial charge in [-0.2, -0.15) is 0 Å². The van der Waals surface area contributed by atoms with Gasteiger partial charge in [0.25, 0.3) is 0 Å². The molecule has 0 atom stereocenters. The summed E-state index contributed by atoms with van der Waals surface area (Å²) < 4.78 is 2.27. The van der Waals surface area contributed by atoms with Gasteiger partial charge in [0.05, 0.1) is 17.6 Å². The van der Waals surface area contributed by atoms with E-state index in [1.165, 1.54) is 42.6 Å². The average molecular weight is 374 g/mol. The number of nitrogens with zero attached hydrogens (tertiary/aromatic N) is 4. The molecule has 0 amide bonds. The van der Waals surface area contributed by atoms with Crippen molar-refractivity contribution in [3.8, 4) is 0 Å².